The SMILES string of the molecule is CCOC(=O)/C=C/C(=O)NC(=S)NCc1ccc(OC(C)C)cc1. The number of carbonyl (C=O) groups is 2. The first-order chi connectivity index (χ1) is 11.4. The molecule has 0 aliphatic heterocycles. The van der Waals surface area contributed by atoms with Gasteiger partial charge in [0.2, 0.25) is 5.91 Å². The van der Waals surface area contributed by atoms with E-state index < -0.39 is 11.9 Å². The maximum atomic E-state index is 11.6. The average Bonchev–Trinajstić information content (AvgIpc) is 2.52. The summed E-state index contributed by atoms with van der Waals surface area (Å²) in [7, 11) is 0. The van der Waals surface area contributed by atoms with Crippen LogP contribution < -0.4 is 15.4 Å². The minimum absolute atomic E-state index is 0.124. The molecule has 0 saturated heterocycles. The number of nitrogens with one attached hydrogen (secondary N) is 2. The van der Waals surface area contributed by atoms with E-state index in [1.54, 1.807) is 6.92 Å². The van der Waals surface area contributed by atoms with Crippen LogP contribution in [-0.4, -0.2) is 29.7 Å². The maximum Gasteiger partial charge on any atom is 0.330 e. The summed E-state index contributed by atoms with van der Waals surface area (Å²) < 4.78 is 10.2. The Morgan fingerprint density at radius 3 is 2.46 bits per heavy atom. The van der Waals surface area contributed by atoms with Crippen molar-refractivity contribution in [2.45, 2.75) is 33.4 Å². The minimum Gasteiger partial charge on any atom is -0.491 e. The summed E-state index contributed by atoms with van der Waals surface area (Å²) >= 11 is 5.03. The fraction of sp³-hybridized carbons (Fsp3) is 0.353. The lowest BCUT2D eigenvalue weighted by Crippen LogP contribution is -2.38. The van der Waals surface area contributed by atoms with Crippen LogP contribution in [0.1, 0.15) is 26.3 Å². The summed E-state index contributed by atoms with van der Waals surface area (Å²) in [5, 5.41) is 5.54. The van der Waals surface area contributed by atoms with Crippen LogP contribution in [0.5, 0.6) is 5.75 Å². The van der Waals surface area contributed by atoms with Gasteiger partial charge >= 0.3 is 5.97 Å². The molecule has 2 N–H and O–H groups in total. The molecule has 0 heterocycles. The number of hydrogen-bond acceptors (Lipinski definition) is 5. The van der Waals surface area contributed by atoms with Gasteiger partial charge < -0.3 is 14.8 Å². The second-order valence-corrected chi connectivity index (χ2v) is 5.48. The molecule has 0 aromatic heterocycles. The zero-order valence-electron chi connectivity index (χ0n) is 14.0. The number of rotatable bonds is 7. The van der Waals surface area contributed by atoms with Gasteiger partial charge in [-0.2, -0.15) is 0 Å². The number of carbonyl (C=O) groups excluding carboxylic acids is 2. The second kappa shape index (κ2) is 10.4. The van der Waals surface area contributed by atoms with Crippen molar-refractivity contribution in [3.63, 3.8) is 0 Å². The molecule has 0 unspecified atom stereocenters. The molecule has 7 heteroatoms. The molecule has 6 nitrogen and oxygen atoms in total. The van der Waals surface area contributed by atoms with Gasteiger partial charge in [0.15, 0.2) is 5.11 Å². The van der Waals surface area contributed by atoms with Crippen LogP contribution in [0.2, 0.25) is 0 Å². The fourth-order valence-corrected chi connectivity index (χ4v) is 1.84. The molecular weight excluding hydrogens is 328 g/mol. The Hall–Kier alpha value is -2.41. The van der Waals surface area contributed by atoms with Crippen molar-refractivity contribution in [3.8, 4) is 5.75 Å². The van der Waals surface area contributed by atoms with Crippen molar-refractivity contribution < 1.29 is 19.1 Å². The van der Waals surface area contributed by atoms with E-state index >= 15 is 0 Å². The van der Waals surface area contributed by atoms with Crippen LogP contribution in [0.25, 0.3) is 0 Å². The van der Waals surface area contributed by atoms with Gasteiger partial charge in [-0.15, -0.1) is 0 Å². The molecule has 1 aromatic rings. The number of thiocarbonyl (C=S) groups is 1. The van der Waals surface area contributed by atoms with Crippen molar-refractivity contribution in [2.24, 2.45) is 0 Å². The van der Waals surface area contributed by atoms with Gasteiger partial charge in [0.1, 0.15) is 5.75 Å². The summed E-state index contributed by atoms with van der Waals surface area (Å²) in [5.41, 5.74) is 0.991. The van der Waals surface area contributed by atoms with Gasteiger partial charge in [0.05, 0.1) is 12.7 Å². The van der Waals surface area contributed by atoms with E-state index in [1.807, 2.05) is 38.1 Å². The van der Waals surface area contributed by atoms with Gasteiger partial charge in [-0.25, -0.2) is 4.79 Å². The van der Waals surface area contributed by atoms with Crippen molar-refractivity contribution in [1.29, 1.82) is 0 Å². The largest absolute Gasteiger partial charge is 0.491 e. The lowest BCUT2D eigenvalue weighted by molar-refractivity contribution is -0.137. The third-order valence-corrected chi connectivity index (χ3v) is 2.89. The first-order valence-corrected chi connectivity index (χ1v) is 8.00. The highest BCUT2D eigenvalue weighted by molar-refractivity contribution is 7.80. The van der Waals surface area contributed by atoms with Crippen molar-refractivity contribution >= 4 is 29.2 Å². The smallest absolute Gasteiger partial charge is 0.330 e. The molecule has 1 aromatic carbocycles. The molecule has 1 amide bonds. The summed E-state index contributed by atoms with van der Waals surface area (Å²) in [6.07, 6.45) is 2.25. The summed E-state index contributed by atoms with van der Waals surface area (Å²) in [4.78, 5) is 22.7. The number of esters is 1. The van der Waals surface area contributed by atoms with Crippen molar-refractivity contribution in [3.05, 3.63) is 42.0 Å². The Labute approximate surface area is 147 Å². The highest BCUT2D eigenvalue weighted by Crippen LogP contribution is 2.13. The molecule has 0 aliphatic rings. The van der Waals surface area contributed by atoms with E-state index in [0.717, 1.165) is 23.5 Å². The number of amides is 1. The van der Waals surface area contributed by atoms with Crippen LogP contribution in [0.15, 0.2) is 36.4 Å². The van der Waals surface area contributed by atoms with Gasteiger partial charge in [0, 0.05) is 18.7 Å². The molecule has 0 radical (unpaired) electrons. The molecular formula is C17H22N2O4S. The van der Waals surface area contributed by atoms with Crippen LogP contribution in [0.3, 0.4) is 0 Å². The summed E-state index contributed by atoms with van der Waals surface area (Å²) in [6, 6.07) is 7.58. The average molecular weight is 350 g/mol. The Kier molecular flexibility index (Phi) is 8.49. The third kappa shape index (κ3) is 8.28. The van der Waals surface area contributed by atoms with E-state index in [1.165, 1.54) is 0 Å². The minimum atomic E-state index is -0.574. The van der Waals surface area contributed by atoms with Crippen molar-refractivity contribution in [1.82, 2.24) is 10.6 Å². The zero-order chi connectivity index (χ0) is 17.9. The Morgan fingerprint density at radius 1 is 1.21 bits per heavy atom. The third-order valence-electron chi connectivity index (χ3n) is 2.64. The second-order valence-electron chi connectivity index (χ2n) is 5.07. The van der Waals surface area contributed by atoms with Gasteiger partial charge in [-0.05, 0) is 50.7 Å². The van der Waals surface area contributed by atoms with E-state index in [2.05, 4.69) is 15.4 Å². The molecule has 0 fully saturated rings. The van der Waals surface area contributed by atoms with Crippen LogP contribution in [0.4, 0.5) is 0 Å². The molecule has 0 bridgehead atoms. The molecule has 24 heavy (non-hydrogen) atoms. The normalized spacial score (nSPS) is 10.5. The van der Waals surface area contributed by atoms with E-state index in [4.69, 9.17) is 17.0 Å². The number of benzene rings is 1. The summed E-state index contributed by atoms with van der Waals surface area (Å²) in [5.74, 6) is -0.273. The topological polar surface area (TPSA) is 76.7 Å². The van der Waals surface area contributed by atoms with Crippen molar-refractivity contribution in [2.75, 3.05) is 6.61 Å². The maximum absolute atomic E-state index is 11.6. The highest BCUT2D eigenvalue weighted by atomic mass is 32.1. The highest BCUT2D eigenvalue weighted by Gasteiger charge is 2.03. The Morgan fingerprint density at radius 2 is 1.88 bits per heavy atom. The predicted octanol–water partition coefficient (Wildman–Crippen LogP) is 2.08. The van der Waals surface area contributed by atoms with E-state index in [9.17, 15) is 9.59 Å². The van der Waals surface area contributed by atoms with Crippen LogP contribution >= 0.6 is 12.2 Å². The molecule has 0 aliphatic carbocycles. The Balaban J connectivity index is 2.37. The number of ether oxygens (including phenoxy) is 2. The van der Waals surface area contributed by atoms with Gasteiger partial charge in [-0.3, -0.25) is 10.1 Å². The fourth-order valence-electron chi connectivity index (χ4n) is 1.67. The number of hydrogen-bond donors (Lipinski definition) is 2. The summed E-state index contributed by atoms with van der Waals surface area (Å²) in [6.45, 7) is 6.33. The van der Waals surface area contributed by atoms with Gasteiger partial charge in [0.25, 0.3) is 0 Å². The van der Waals surface area contributed by atoms with E-state index in [-0.39, 0.29) is 17.8 Å². The van der Waals surface area contributed by atoms with Crippen LogP contribution in [0, 0.1) is 0 Å². The standard InChI is InChI=1S/C17H22N2O4S/c1-4-22-16(21)10-9-15(20)19-17(24)18-11-13-5-7-14(8-6-13)23-12(2)3/h5-10,12H,4,11H2,1-3H3,(H2,18,19,20,24)/b10-9+. The first-order valence-electron chi connectivity index (χ1n) is 7.60. The molecule has 0 spiro atoms. The molecule has 1 rings (SSSR count). The molecule has 0 atom stereocenters. The Bertz CT molecular complexity index is 597. The lowest BCUT2D eigenvalue weighted by atomic mass is 10.2. The molecule has 130 valence electrons. The lowest BCUT2D eigenvalue weighted by Gasteiger charge is -2.11. The predicted molar refractivity (Wildman–Crippen MR) is 95.6 cm³/mol. The van der Waals surface area contributed by atoms with Crippen LogP contribution in [-0.2, 0) is 20.9 Å². The molecule has 0 saturated carbocycles. The first kappa shape index (κ1) is 19.6. The van der Waals surface area contributed by atoms with E-state index in [0.29, 0.717) is 6.54 Å². The monoisotopic (exact) mass is 350 g/mol. The van der Waals surface area contributed by atoms with Gasteiger partial charge in [-0.1, -0.05) is 12.1 Å². The zero-order valence-corrected chi connectivity index (χ0v) is 14.8. The quantitative estimate of drug-likeness (QED) is 0.445.